The molecule has 0 fully saturated rings. The topological polar surface area (TPSA) is 112 Å². The summed E-state index contributed by atoms with van der Waals surface area (Å²) in [4.78, 5) is 11.1. The smallest absolute Gasteiger partial charge is 0.312 e. The lowest BCUT2D eigenvalue weighted by atomic mass is 9.99. The van der Waals surface area contributed by atoms with Gasteiger partial charge in [-0.05, 0) is 67.7 Å². The van der Waals surface area contributed by atoms with Gasteiger partial charge in [0.05, 0.1) is 17.0 Å². The molecule has 2 aromatic rings. The van der Waals surface area contributed by atoms with Gasteiger partial charge in [0.15, 0.2) is 16.6 Å². The minimum atomic E-state index is -0.989. The van der Waals surface area contributed by atoms with E-state index in [1.54, 1.807) is 30.8 Å². The van der Waals surface area contributed by atoms with Crippen LogP contribution in [0.2, 0.25) is 0 Å². The van der Waals surface area contributed by atoms with Crippen molar-refractivity contribution >= 4 is 40.6 Å². The number of carbonyl (C=O) groups is 1. The maximum Gasteiger partial charge on any atom is 0.312 e. The van der Waals surface area contributed by atoms with E-state index >= 15 is 0 Å². The second kappa shape index (κ2) is 9.36. The molecule has 0 radical (unpaired) electrons. The van der Waals surface area contributed by atoms with Gasteiger partial charge in [0, 0.05) is 18.3 Å². The van der Waals surface area contributed by atoms with Crippen molar-refractivity contribution in [2.45, 2.75) is 31.6 Å². The number of hydrogen-bond donors (Lipinski definition) is 4. The number of aromatic nitrogens is 2. The number of aromatic hydroxyl groups is 1. The van der Waals surface area contributed by atoms with Crippen molar-refractivity contribution in [2.75, 3.05) is 0 Å². The van der Waals surface area contributed by atoms with Gasteiger partial charge < -0.3 is 15.5 Å². The third-order valence-electron chi connectivity index (χ3n) is 5.77. The van der Waals surface area contributed by atoms with Gasteiger partial charge in [-0.1, -0.05) is 18.2 Å². The third-order valence-corrected chi connectivity index (χ3v) is 6.36. The monoisotopic (exact) mass is 485 g/mol. The molecule has 2 aliphatic rings. The van der Waals surface area contributed by atoms with E-state index in [1.165, 1.54) is 17.2 Å². The molecule has 10 heteroatoms. The largest absolute Gasteiger partial charge is 0.504 e. The molecule has 0 amide bonds. The first-order valence-corrected chi connectivity index (χ1v) is 11.4. The zero-order valence-corrected chi connectivity index (χ0v) is 19.7. The molecule has 0 bridgehead atoms. The van der Waals surface area contributed by atoms with Crippen LogP contribution in [0.3, 0.4) is 0 Å². The van der Waals surface area contributed by atoms with Crippen molar-refractivity contribution in [3.05, 3.63) is 58.9 Å². The lowest BCUT2D eigenvalue weighted by molar-refractivity contribution is -0.139. The number of thiocarbonyl (C=S) groups is 1. The van der Waals surface area contributed by atoms with Crippen molar-refractivity contribution < 1.29 is 15.0 Å². The van der Waals surface area contributed by atoms with Gasteiger partial charge in [0.25, 0.3) is 0 Å². The molecule has 172 valence electrons. The SMILES string of the molecule is C/C(=N\NC(=S)NC1=CC(Cl)C(C(=O)O)C=C1)c1nn(C)c(-c2ccc3c(c2)CCC3)c1O. The summed E-state index contributed by atoms with van der Waals surface area (Å²) >= 11 is 11.4. The quantitative estimate of drug-likeness (QED) is 0.222. The number of halogens is 1. The number of hydrogen-bond acceptors (Lipinski definition) is 5. The molecule has 2 atom stereocenters. The highest BCUT2D eigenvalue weighted by Gasteiger charge is 2.25. The average Bonchev–Trinajstić information content (AvgIpc) is 3.35. The van der Waals surface area contributed by atoms with E-state index in [9.17, 15) is 9.90 Å². The lowest BCUT2D eigenvalue weighted by Gasteiger charge is -2.18. The number of allylic oxidation sites excluding steroid dienone is 2. The van der Waals surface area contributed by atoms with E-state index in [1.807, 2.05) is 6.07 Å². The molecule has 33 heavy (non-hydrogen) atoms. The maximum absolute atomic E-state index is 11.1. The van der Waals surface area contributed by atoms with Gasteiger partial charge in [-0.15, -0.1) is 11.6 Å². The second-order valence-corrected chi connectivity index (χ2v) is 8.97. The Bertz CT molecular complexity index is 1220. The van der Waals surface area contributed by atoms with E-state index < -0.39 is 17.3 Å². The van der Waals surface area contributed by atoms with Crippen LogP contribution in [0.15, 0.2) is 47.2 Å². The first-order valence-electron chi connectivity index (χ1n) is 10.5. The summed E-state index contributed by atoms with van der Waals surface area (Å²) in [6.45, 7) is 1.72. The third kappa shape index (κ3) is 4.79. The highest BCUT2D eigenvalue weighted by atomic mass is 35.5. The Kier molecular flexibility index (Phi) is 6.53. The first-order chi connectivity index (χ1) is 15.7. The Balaban J connectivity index is 1.46. The van der Waals surface area contributed by atoms with Crippen LogP contribution in [0.5, 0.6) is 5.75 Å². The highest BCUT2D eigenvalue weighted by molar-refractivity contribution is 7.80. The van der Waals surface area contributed by atoms with E-state index in [2.05, 4.69) is 33.1 Å². The number of fused-ring (bicyclic) bond motifs is 1. The average molecular weight is 486 g/mol. The number of aliphatic carboxylic acids is 1. The normalized spacial score (nSPS) is 19.7. The molecule has 2 aliphatic carbocycles. The van der Waals surface area contributed by atoms with Gasteiger partial charge in [0.2, 0.25) is 0 Å². The Morgan fingerprint density at radius 3 is 2.82 bits per heavy atom. The predicted octanol–water partition coefficient (Wildman–Crippen LogP) is 3.23. The van der Waals surface area contributed by atoms with E-state index in [0.717, 1.165) is 24.8 Å². The van der Waals surface area contributed by atoms with Crippen LogP contribution in [-0.2, 0) is 24.7 Å². The zero-order valence-electron chi connectivity index (χ0n) is 18.2. The van der Waals surface area contributed by atoms with Gasteiger partial charge >= 0.3 is 5.97 Å². The van der Waals surface area contributed by atoms with E-state index in [4.69, 9.17) is 28.9 Å². The Hall–Kier alpha value is -3.17. The fourth-order valence-corrected chi connectivity index (χ4v) is 4.58. The summed E-state index contributed by atoms with van der Waals surface area (Å²) < 4.78 is 1.65. The summed E-state index contributed by atoms with van der Waals surface area (Å²) in [5, 5.41) is 31.1. The molecule has 0 saturated carbocycles. The number of carboxylic acids is 1. The second-order valence-electron chi connectivity index (χ2n) is 8.06. The van der Waals surface area contributed by atoms with Crippen molar-refractivity contribution in [3.8, 4) is 17.0 Å². The molecular formula is C23H24ClN5O3S. The summed E-state index contributed by atoms with van der Waals surface area (Å²) in [7, 11) is 1.79. The number of benzene rings is 1. The first kappa shape index (κ1) is 23.0. The van der Waals surface area contributed by atoms with Crippen LogP contribution in [-0.4, -0.2) is 42.2 Å². The Morgan fingerprint density at radius 2 is 2.09 bits per heavy atom. The van der Waals surface area contributed by atoms with Gasteiger partial charge in [-0.25, -0.2) is 0 Å². The predicted molar refractivity (Wildman–Crippen MR) is 131 cm³/mol. The van der Waals surface area contributed by atoms with Gasteiger partial charge in [0.1, 0.15) is 5.69 Å². The van der Waals surface area contributed by atoms with Crippen LogP contribution in [0.25, 0.3) is 11.3 Å². The van der Waals surface area contributed by atoms with E-state index in [-0.39, 0.29) is 10.9 Å². The molecule has 2 unspecified atom stereocenters. The fraction of sp³-hybridized carbons (Fsp3) is 0.304. The van der Waals surface area contributed by atoms with Crippen molar-refractivity contribution in [3.63, 3.8) is 0 Å². The van der Waals surface area contributed by atoms with Crippen LogP contribution in [0.4, 0.5) is 0 Å². The maximum atomic E-state index is 11.1. The summed E-state index contributed by atoms with van der Waals surface area (Å²) in [6.07, 6.45) is 8.00. The fourth-order valence-electron chi connectivity index (χ4n) is 4.09. The molecule has 4 N–H and O–H groups in total. The molecular weight excluding hydrogens is 462 g/mol. The summed E-state index contributed by atoms with van der Waals surface area (Å²) in [6, 6.07) is 6.25. The van der Waals surface area contributed by atoms with Crippen molar-refractivity contribution in [1.29, 1.82) is 0 Å². The van der Waals surface area contributed by atoms with Crippen molar-refractivity contribution in [1.82, 2.24) is 20.5 Å². The van der Waals surface area contributed by atoms with Gasteiger partial charge in [-0.3, -0.25) is 14.9 Å². The Morgan fingerprint density at radius 1 is 1.33 bits per heavy atom. The minimum Gasteiger partial charge on any atom is -0.504 e. The molecule has 4 rings (SSSR count). The zero-order chi connectivity index (χ0) is 23.7. The molecule has 0 saturated heterocycles. The molecule has 0 spiro atoms. The molecule has 1 heterocycles. The van der Waals surface area contributed by atoms with E-state index in [0.29, 0.717) is 22.8 Å². The molecule has 1 aromatic heterocycles. The standard InChI is InChI=1S/C23H24ClN5O3S/c1-12(26-27-23(33)25-16-8-9-17(22(31)32)18(24)11-16)19-21(30)20(29(2)28-19)15-7-6-13-4-3-5-14(13)10-15/h6-11,17-18,30H,3-5H2,1-2H3,(H,31,32)(H2,25,27,33)/b26-12+. The number of rotatable bonds is 5. The summed E-state index contributed by atoms with van der Waals surface area (Å²) in [5.41, 5.74) is 8.32. The lowest BCUT2D eigenvalue weighted by Crippen LogP contribution is -2.34. The van der Waals surface area contributed by atoms with Gasteiger partial charge in [-0.2, -0.15) is 10.2 Å². The number of alkyl halides is 1. The number of nitrogens with zero attached hydrogens (tertiary/aromatic N) is 3. The van der Waals surface area contributed by atoms with Crippen molar-refractivity contribution in [2.24, 2.45) is 18.1 Å². The molecule has 0 aliphatic heterocycles. The number of aryl methyl sites for hydroxylation is 3. The highest BCUT2D eigenvalue weighted by Crippen LogP contribution is 2.35. The number of carboxylic acid groups (broad SMARTS) is 1. The van der Waals surface area contributed by atoms with Crippen LogP contribution in [0, 0.1) is 5.92 Å². The molecule has 8 nitrogen and oxygen atoms in total. The molecule has 1 aromatic carbocycles. The van der Waals surface area contributed by atoms with Crippen LogP contribution in [0.1, 0.15) is 30.2 Å². The van der Waals surface area contributed by atoms with Crippen LogP contribution < -0.4 is 10.7 Å². The Labute approximate surface area is 201 Å². The number of hydrazone groups is 1. The summed E-state index contributed by atoms with van der Waals surface area (Å²) in [5.74, 6) is -1.72. The van der Waals surface area contributed by atoms with Crippen LogP contribution >= 0.6 is 23.8 Å². The minimum absolute atomic E-state index is 0.0555. The number of nitrogens with one attached hydrogen (secondary N) is 2.